The number of hydrogen-bond acceptors (Lipinski definition) is 3. The Morgan fingerprint density at radius 2 is 1.86 bits per heavy atom. The number of amides is 1. The molecule has 0 heterocycles. The molecule has 0 bridgehead atoms. The van der Waals surface area contributed by atoms with E-state index in [0.717, 1.165) is 11.1 Å². The number of phenolic OH excluding ortho intramolecular Hbond substituents is 1. The van der Waals surface area contributed by atoms with Gasteiger partial charge in [-0.1, -0.05) is 36.4 Å². The van der Waals surface area contributed by atoms with Gasteiger partial charge < -0.3 is 15.7 Å². The van der Waals surface area contributed by atoms with Crippen molar-refractivity contribution in [2.75, 3.05) is 12.8 Å². The van der Waals surface area contributed by atoms with Crippen LogP contribution in [0.5, 0.6) is 5.75 Å². The standard InChI is InChI=1S/C17H20N2O2/c1-19(12-14-5-3-2-4-6-14)17(21)10-8-13-7-9-16(20)15(18)11-13/h2-7,9,11,20H,8,10,12,18H2,1H3. The monoisotopic (exact) mass is 284 g/mol. The quantitative estimate of drug-likeness (QED) is 0.655. The van der Waals surface area contributed by atoms with Gasteiger partial charge in [0.25, 0.3) is 0 Å². The molecule has 0 aliphatic heterocycles. The predicted octanol–water partition coefficient (Wildman–Crippen LogP) is 2.57. The van der Waals surface area contributed by atoms with Crippen LogP contribution >= 0.6 is 0 Å². The summed E-state index contributed by atoms with van der Waals surface area (Å²) in [5, 5.41) is 9.37. The SMILES string of the molecule is CN(Cc1ccccc1)C(=O)CCc1ccc(O)c(N)c1. The Kier molecular flexibility index (Phi) is 4.82. The van der Waals surface area contributed by atoms with Crippen LogP contribution in [0.4, 0.5) is 5.69 Å². The van der Waals surface area contributed by atoms with Crippen LogP contribution in [-0.4, -0.2) is 23.0 Å². The molecule has 4 nitrogen and oxygen atoms in total. The van der Waals surface area contributed by atoms with Crippen molar-refractivity contribution in [2.24, 2.45) is 0 Å². The highest BCUT2D eigenvalue weighted by Gasteiger charge is 2.10. The van der Waals surface area contributed by atoms with E-state index in [1.54, 1.807) is 30.1 Å². The molecule has 1 amide bonds. The van der Waals surface area contributed by atoms with E-state index in [-0.39, 0.29) is 11.7 Å². The van der Waals surface area contributed by atoms with E-state index in [9.17, 15) is 9.90 Å². The van der Waals surface area contributed by atoms with E-state index >= 15 is 0 Å². The summed E-state index contributed by atoms with van der Waals surface area (Å²) in [6.45, 7) is 0.609. The summed E-state index contributed by atoms with van der Waals surface area (Å²) in [7, 11) is 1.81. The van der Waals surface area contributed by atoms with Gasteiger partial charge in [0.1, 0.15) is 5.75 Å². The smallest absolute Gasteiger partial charge is 0.222 e. The summed E-state index contributed by atoms with van der Waals surface area (Å²) < 4.78 is 0. The lowest BCUT2D eigenvalue weighted by Crippen LogP contribution is -2.26. The Morgan fingerprint density at radius 1 is 1.14 bits per heavy atom. The number of phenols is 1. The molecule has 0 unspecified atom stereocenters. The molecule has 0 spiro atoms. The molecule has 4 heteroatoms. The van der Waals surface area contributed by atoms with Crippen LogP contribution in [0.25, 0.3) is 0 Å². The molecular formula is C17H20N2O2. The zero-order valence-electron chi connectivity index (χ0n) is 12.1. The summed E-state index contributed by atoms with van der Waals surface area (Å²) in [6.07, 6.45) is 1.04. The molecule has 2 aromatic carbocycles. The van der Waals surface area contributed by atoms with Crippen molar-refractivity contribution in [1.29, 1.82) is 0 Å². The molecule has 0 aliphatic carbocycles. The Morgan fingerprint density at radius 3 is 2.52 bits per heavy atom. The van der Waals surface area contributed by atoms with E-state index < -0.39 is 0 Å². The van der Waals surface area contributed by atoms with Gasteiger partial charge in [0.15, 0.2) is 0 Å². The van der Waals surface area contributed by atoms with E-state index in [1.807, 2.05) is 30.3 Å². The second-order valence-electron chi connectivity index (χ2n) is 5.13. The first-order valence-electron chi connectivity index (χ1n) is 6.91. The molecule has 2 rings (SSSR count). The first-order valence-corrected chi connectivity index (χ1v) is 6.91. The van der Waals surface area contributed by atoms with Gasteiger partial charge >= 0.3 is 0 Å². The van der Waals surface area contributed by atoms with E-state index in [2.05, 4.69) is 0 Å². The van der Waals surface area contributed by atoms with Gasteiger partial charge in [-0.3, -0.25) is 4.79 Å². The second kappa shape index (κ2) is 6.79. The maximum absolute atomic E-state index is 12.1. The fourth-order valence-electron chi connectivity index (χ4n) is 2.15. The third-order valence-electron chi connectivity index (χ3n) is 3.41. The fourth-order valence-corrected chi connectivity index (χ4v) is 2.15. The van der Waals surface area contributed by atoms with E-state index in [1.165, 1.54) is 0 Å². The number of hydrogen-bond donors (Lipinski definition) is 2. The molecule has 3 N–H and O–H groups in total. The van der Waals surface area contributed by atoms with Crippen LogP contribution in [-0.2, 0) is 17.8 Å². The maximum atomic E-state index is 12.1. The molecule has 0 fully saturated rings. The second-order valence-corrected chi connectivity index (χ2v) is 5.13. The number of nitrogen functional groups attached to an aromatic ring is 1. The first kappa shape index (κ1) is 14.9. The molecule has 0 aliphatic rings. The van der Waals surface area contributed by atoms with E-state index in [0.29, 0.717) is 25.1 Å². The Bertz CT molecular complexity index is 611. The topological polar surface area (TPSA) is 66.6 Å². The van der Waals surface area contributed by atoms with Crippen LogP contribution in [0.3, 0.4) is 0 Å². The summed E-state index contributed by atoms with van der Waals surface area (Å²) in [6, 6.07) is 15.0. The predicted molar refractivity (Wildman–Crippen MR) is 83.8 cm³/mol. The number of carbonyl (C=O) groups excluding carboxylic acids is 1. The third kappa shape index (κ3) is 4.24. The van der Waals surface area contributed by atoms with Gasteiger partial charge in [0, 0.05) is 20.0 Å². The minimum atomic E-state index is 0.0753. The fraction of sp³-hybridized carbons (Fsp3) is 0.235. The Labute approximate surface area is 124 Å². The van der Waals surface area contributed by atoms with Gasteiger partial charge in [0.05, 0.1) is 5.69 Å². The first-order chi connectivity index (χ1) is 10.1. The third-order valence-corrected chi connectivity index (χ3v) is 3.41. The molecule has 0 atom stereocenters. The Hall–Kier alpha value is -2.49. The maximum Gasteiger partial charge on any atom is 0.222 e. The average Bonchev–Trinajstić information content (AvgIpc) is 2.49. The number of nitrogens with zero attached hydrogens (tertiary/aromatic N) is 1. The van der Waals surface area contributed by atoms with Crippen molar-refractivity contribution < 1.29 is 9.90 Å². The summed E-state index contributed by atoms with van der Waals surface area (Å²) >= 11 is 0. The van der Waals surface area contributed by atoms with Crippen molar-refractivity contribution in [3.63, 3.8) is 0 Å². The number of aryl methyl sites for hydroxylation is 1. The van der Waals surface area contributed by atoms with Gasteiger partial charge in [-0.25, -0.2) is 0 Å². The van der Waals surface area contributed by atoms with Crippen LogP contribution in [0.1, 0.15) is 17.5 Å². The number of rotatable bonds is 5. The average molecular weight is 284 g/mol. The van der Waals surface area contributed by atoms with Crippen molar-refractivity contribution in [2.45, 2.75) is 19.4 Å². The minimum Gasteiger partial charge on any atom is -0.506 e. The molecule has 110 valence electrons. The van der Waals surface area contributed by atoms with Gasteiger partial charge in [-0.05, 0) is 29.7 Å². The van der Waals surface area contributed by atoms with Crippen molar-refractivity contribution in [3.8, 4) is 5.75 Å². The number of benzene rings is 2. The van der Waals surface area contributed by atoms with Crippen molar-refractivity contribution >= 4 is 11.6 Å². The zero-order valence-corrected chi connectivity index (χ0v) is 12.1. The largest absolute Gasteiger partial charge is 0.506 e. The highest BCUT2D eigenvalue weighted by atomic mass is 16.3. The number of aromatic hydroxyl groups is 1. The molecular weight excluding hydrogens is 264 g/mol. The van der Waals surface area contributed by atoms with Crippen LogP contribution in [0.15, 0.2) is 48.5 Å². The molecule has 0 radical (unpaired) electrons. The summed E-state index contributed by atoms with van der Waals surface area (Å²) in [5.74, 6) is 0.164. The van der Waals surface area contributed by atoms with Gasteiger partial charge in [-0.15, -0.1) is 0 Å². The summed E-state index contributed by atoms with van der Waals surface area (Å²) in [4.78, 5) is 13.8. The summed E-state index contributed by atoms with van der Waals surface area (Å²) in [5.41, 5.74) is 8.05. The Balaban J connectivity index is 1.87. The molecule has 0 saturated carbocycles. The zero-order chi connectivity index (χ0) is 15.2. The van der Waals surface area contributed by atoms with Crippen LogP contribution in [0, 0.1) is 0 Å². The van der Waals surface area contributed by atoms with Crippen LogP contribution < -0.4 is 5.73 Å². The highest BCUT2D eigenvalue weighted by Crippen LogP contribution is 2.21. The molecule has 2 aromatic rings. The lowest BCUT2D eigenvalue weighted by molar-refractivity contribution is -0.130. The molecule has 21 heavy (non-hydrogen) atoms. The van der Waals surface area contributed by atoms with Crippen LogP contribution in [0.2, 0.25) is 0 Å². The van der Waals surface area contributed by atoms with E-state index in [4.69, 9.17) is 5.73 Å². The minimum absolute atomic E-state index is 0.0753. The van der Waals surface area contributed by atoms with Gasteiger partial charge in [-0.2, -0.15) is 0 Å². The number of carbonyl (C=O) groups is 1. The number of nitrogens with two attached hydrogens (primary N) is 1. The lowest BCUT2D eigenvalue weighted by Gasteiger charge is -2.17. The van der Waals surface area contributed by atoms with Crippen molar-refractivity contribution in [3.05, 3.63) is 59.7 Å². The lowest BCUT2D eigenvalue weighted by atomic mass is 10.1. The van der Waals surface area contributed by atoms with Crippen molar-refractivity contribution in [1.82, 2.24) is 4.90 Å². The normalized spacial score (nSPS) is 10.3. The van der Waals surface area contributed by atoms with Gasteiger partial charge in [0.2, 0.25) is 5.91 Å². The molecule has 0 saturated heterocycles. The number of anilines is 1. The highest BCUT2D eigenvalue weighted by molar-refractivity contribution is 5.76. The molecule has 0 aromatic heterocycles.